The first kappa shape index (κ1) is 19.7. The van der Waals surface area contributed by atoms with Crippen molar-refractivity contribution in [3.63, 3.8) is 0 Å². The maximum absolute atomic E-state index is 12.9. The summed E-state index contributed by atoms with van der Waals surface area (Å²) in [6, 6.07) is 24.0. The number of nitrogens with zero attached hydrogens (tertiary/aromatic N) is 3. The van der Waals surface area contributed by atoms with Crippen LogP contribution in [0.2, 0.25) is 0 Å². The van der Waals surface area contributed by atoms with Crippen LogP contribution >= 0.6 is 15.9 Å². The van der Waals surface area contributed by atoms with Crippen molar-refractivity contribution in [2.45, 2.75) is 6.54 Å². The minimum atomic E-state index is -0.485. The highest BCUT2D eigenvalue weighted by molar-refractivity contribution is 9.10. The molecule has 0 aliphatic carbocycles. The maximum Gasteiger partial charge on any atom is 0.292 e. The first-order valence-electron chi connectivity index (χ1n) is 9.24. The molecule has 0 unspecified atom stereocenters. The Morgan fingerprint density at radius 1 is 0.967 bits per heavy atom. The number of hydrogen-bond acceptors (Lipinski definition) is 4. The Labute approximate surface area is 181 Å². The molecule has 1 N–H and O–H groups in total. The number of amides is 1. The zero-order valence-corrected chi connectivity index (χ0v) is 17.4. The number of rotatable bonds is 5. The highest BCUT2D eigenvalue weighted by atomic mass is 79.9. The normalized spacial score (nSPS) is 11.1. The second-order valence-electron chi connectivity index (χ2n) is 6.59. The van der Waals surface area contributed by atoms with Crippen LogP contribution in [0.15, 0.2) is 93.2 Å². The topological polar surface area (TPSA) is 76.3 Å². The molecule has 3 aromatic carbocycles. The van der Waals surface area contributed by atoms with Gasteiger partial charge in [-0.15, -0.1) is 0 Å². The molecular formula is C23H17BrN4O2. The molecular weight excluding hydrogens is 444 g/mol. The minimum Gasteiger partial charge on any atom is -0.267 e. The summed E-state index contributed by atoms with van der Waals surface area (Å²) in [7, 11) is 0. The van der Waals surface area contributed by atoms with Crippen LogP contribution < -0.4 is 11.0 Å². The lowest BCUT2D eigenvalue weighted by atomic mass is 10.1. The van der Waals surface area contributed by atoms with Crippen molar-refractivity contribution in [3.05, 3.63) is 111 Å². The molecule has 148 valence electrons. The number of nitrogens with one attached hydrogen (secondary N) is 1. The SMILES string of the molecule is O=C(N/N=C\c1ccc(Br)cc1)c1nn(Cc2ccccc2)c(=O)c2ccccc12. The van der Waals surface area contributed by atoms with Gasteiger partial charge in [0.05, 0.1) is 18.1 Å². The summed E-state index contributed by atoms with van der Waals surface area (Å²) in [5.74, 6) is -0.485. The fraction of sp³-hybridized carbons (Fsp3) is 0.0435. The van der Waals surface area contributed by atoms with Gasteiger partial charge in [0.2, 0.25) is 0 Å². The second-order valence-corrected chi connectivity index (χ2v) is 7.51. The minimum absolute atomic E-state index is 0.147. The quantitative estimate of drug-likeness (QED) is 0.361. The number of carbonyl (C=O) groups is 1. The average Bonchev–Trinajstić information content (AvgIpc) is 2.78. The highest BCUT2D eigenvalue weighted by Crippen LogP contribution is 2.14. The van der Waals surface area contributed by atoms with Gasteiger partial charge in [-0.25, -0.2) is 10.1 Å². The molecule has 0 spiro atoms. The Hall–Kier alpha value is -3.58. The summed E-state index contributed by atoms with van der Waals surface area (Å²) < 4.78 is 2.27. The molecule has 0 aliphatic rings. The fourth-order valence-corrected chi connectivity index (χ4v) is 3.30. The van der Waals surface area contributed by atoms with E-state index in [0.29, 0.717) is 10.8 Å². The summed E-state index contributed by atoms with van der Waals surface area (Å²) in [6.07, 6.45) is 1.55. The van der Waals surface area contributed by atoms with Gasteiger partial charge in [-0.05, 0) is 29.3 Å². The summed E-state index contributed by atoms with van der Waals surface area (Å²) in [5, 5.41) is 9.29. The molecule has 4 aromatic rings. The molecule has 0 bridgehead atoms. The van der Waals surface area contributed by atoms with E-state index in [1.165, 1.54) is 4.68 Å². The van der Waals surface area contributed by atoms with Crippen molar-refractivity contribution >= 4 is 38.8 Å². The van der Waals surface area contributed by atoms with Crippen LogP contribution in [0.4, 0.5) is 0 Å². The van der Waals surface area contributed by atoms with E-state index in [1.807, 2.05) is 54.6 Å². The van der Waals surface area contributed by atoms with Gasteiger partial charge in [-0.1, -0.05) is 76.6 Å². The molecule has 0 radical (unpaired) electrons. The van der Waals surface area contributed by atoms with Gasteiger partial charge in [0.15, 0.2) is 5.69 Å². The lowest BCUT2D eigenvalue weighted by Gasteiger charge is -2.10. The van der Waals surface area contributed by atoms with Crippen molar-refractivity contribution in [2.24, 2.45) is 5.10 Å². The third-order valence-corrected chi connectivity index (χ3v) is 5.04. The largest absolute Gasteiger partial charge is 0.292 e. The van der Waals surface area contributed by atoms with Crippen LogP contribution in [0.1, 0.15) is 21.6 Å². The van der Waals surface area contributed by atoms with E-state index in [0.717, 1.165) is 15.6 Å². The van der Waals surface area contributed by atoms with Gasteiger partial charge in [0.25, 0.3) is 11.5 Å². The average molecular weight is 461 g/mol. The molecule has 6 nitrogen and oxygen atoms in total. The van der Waals surface area contributed by atoms with Gasteiger partial charge in [0, 0.05) is 9.86 Å². The number of halogens is 1. The maximum atomic E-state index is 12.9. The summed E-state index contributed by atoms with van der Waals surface area (Å²) in [4.78, 5) is 25.7. The summed E-state index contributed by atoms with van der Waals surface area (Å²) >= 11 is 3.38. The van der Waals surface area contributed by atoms with Crippen LogP contribution in [0.25, 0.3) is 10.8 Å². The van der Waals surface area contributed by atoms with Crippen molar-refractivity contribution in [3.8, 4) is 0 Å². The molecule has 0 aliphatic heterocycles. The van der Waals surface area contributed by atoms with Gasteiger partial charge >= 0.3 is 0 Å². The van der Waals surface area contributed by atoms with Gasteiger partial charge in [-0.2, -0.15) is 10.2 Å². The van der Waals surface area contributed by atoms with Crippen LogP contribution in [0.5, 0.6) is 0 Å². The smallest absolute Gasteiger partial charge is 0.267 e. The molecule has 1 amide bonds. The predicted octanol–water partition coefficient (Wildman–Crippen LogP) is 3.97. The van der Waals surface area contributed by atoms with Gasteiger partial charge in [-0.3, -0.25) is 9.59 Å². The van der Waals surface area contributed by atoms with E-state index >= 15 is 0 Å². The third kappa shape index (κ3) is 4.36. The molecule has 0 saturated carbocycles. The van der Waals surface area contributed by atoms with E-state index in [2.05, 4.69) is 31.6 Å². The number of aromatic nitrogens is 2. The molecule has 4 rings (SSSR count). The van der Waals surface area contributed by atoms with Crippen molar-refractivity contribution < 1.29 is 4.79 Å². The van der Waals surface area contributed by atoms with Crippen molar-refractivity contribution in [2.75, 3.05) is 0 Å². The van der Waals surface area contributed by atoms with Crippen molar-refractivity contribution in [1.29, 1.82) is 0 Å². The molecule has 0 fully saturated rings. The second kappa shape index (κ2) is 8.84. The number of hydrogen-bond donors (Lipinski definition) is 1. The van der Waals surface area contributed by atoms with E-state index in [4.69, 9.17) is 0 Å². The Morgan fingerprint density at radius 2 is 1.63 bits per heavy atom. The lowest BCUT2D eigenvalue weighted by Crippen LogP contribution is -2.29. The first-order chi connectivity index (χ1) is 14.6. The zero-order valence-electron chi connectivity index (χ0n) is 15.8. The highest BCUT2D eigenvalue weighted by Gasteiger charge is 2.16. The van der Waals surface area contributed by atoms with Crippen LogP contribution in [-0.4, -0.2) is 21.9 Å². The summed E-state index contributed by atoms with van der Waals surface area (Å²) in [6.45, 7) is 0.271. The van der Waals surface area contributed by atoms with E-state index in [-0.39, 0.29) is 17.8 Å². The third-order valence-electron chi connectivity index (χ3n) is 4.51. The number of fused-ring (bicyclic) bond motifs is 1. The Kier molecular flexibility index (Phi) is 5.81. The molecule has 30 heavy (non-hydrogen) atoms. The molecule has 0 atom stereocenters. The van der Waals surface area contributed by atoms with Crippen LogP contribution in [0, 0.1) is 0 Å². The van der Waals surface area contributed by atoms with E-state index < -0.39 is 5.91 Å². The van der Waals surface area contributed by atoms with E-state index in [9.17, 15) is 9.59 Å². The van der Waals surface area contributed by atoms with Crippen LogP contribution in [0.3, 0.4) is 0 Å². The van der Waals surface area contributed by atoms with Crippen LogP contribution in [-0.2, 0) is 6.54 Å². The molecule has 1 aromatic heterocycles. The predicted molar refractivity (Wildman–Crippen MR) is 121 cm³/mol. The number of benzene rings is 3. The summed E-state index contributed by atoms with van der Waals surface area (Å²) in [5.41, 5.74) is 4.16. The Morgan fingerprint density at radius 3 is 2.37 bits per heavy atom. The zero-order chi connectivity index (χ0) is 20.9. The fourth-order valence-electron chi connectivity index (χ4n) is 3.03. The Bertz CT molecular complexity index is 1280. The molecule has 1 heterocycles. The van der Waals surface area contributed by atoms with Gasteiger partial charge in [0.1, 0.15) is 0 Å². The van der Waals surface area contributed by atoms with Gasteiger partial charge < -0.3 is 0 Å². The van der Waals surface area contributed by atoms with Crippen molar-refractivity contribution in [1.82, 2.24) is 15.2 Å². The first-order valence-corrected chi connectivity index (χ1v) is 10.0. The number of carbonyl (C=O) groups excluding carboxylic acids is 1. The standard InChI is InChI=1S/C23H17BrN4O2/c24-18-12-10-16(11-13-18)14-25-26-22(29)21-19-8-4-5-9-20(19)23(30)28(27-21)15-17-6-2-1-3-7-17/h1-14H,15H2,(H,26,29)/b25-14-. The number of hydrazone groups is 1. The Balaban J connectivity index is 1.66. The lowest BCUT2D eigenvalue weighted by molar-refractivity contribution is 0.0949. The molecule has 7 heteroatoms. The molecule has 0 saturated heterocycles. The monoisotopic (exact) mass is 460 g/mol. The van der Waals surface area contributed by atoms with E-state index in [1.54, 1.807) is 30.5 Å².